The molecule has 1 heterocycles. The molecule has 0 amide bonds. The summed E-state index contributed by atoms with van der Waals surface area (Å²) in [4.78, 5) is 0. The van der Waals surface area contributed by atoms with Crippen molar-refractivity contribution in [3.63, 3.8) is 0 Å². The summed E-state index contributed by atoms with van der Waals surface area (Å²) in [5.41, 5.74) is -0.544. The van der Waals surface area contributed by atoms with Crippen molar-refractivity contribution in [1.29, 1.82) is 0 Å². The van der Waals surface area contributed by atoms with Crippen LogP contribution in [0.3, 0.4) is 0 Å². The first-order valence-electron chi connectivity index (χ1n) is 6.54. The van der Waals surface area contributed by atoms with Gasteiger partial charge in [-0.05, 0) is 31.0 Å². The third-order valence-electron chi connectivity index (χ3n) is 3.90. The van der Waals surface area contributed by atoms with Crippen LogP contribution in [-0.2, 0) is 0 Å². The Morgan fingerprint density at radius 3 is 2.69 bits per heavy atom. The topological polar surface area (TPSA) is 32.3 Å². The van der Waals surface area contributed by atoms with Crippen LogP contribution in [0.5, 0.6) is 0 Å². The number of hydrogen-bond donors (Lipinski definition) is 2. The Morgan fingerprint density at radius 2 is 2.23 bits per heavy atom. The normalized spacial score (nSPS) is 54.5. The zero-order chi connectivity index (χ0) is 12.4. The molecule has 2 rings (SSSR count). The van der Waals surface area contributed by atoms with Crippen molar-refractivity contribution in [3.8, 4) is 0 Å². The van der Waals surface area contributed by atoms with Gasteiger partial charge in [-0.1, -0.05) is 20.8 Å². The summed E-state index contributed by atoms with van der Waals surface area (Å²) in [5.74, 6) is 0.0849. The van der Waals surface area contributed by atoms with E-state index in [-0.39, 0.29) is 11.3 Å². The van der Waals surface area contributed by atoms with Crippen LogP contribution in [0.1, 0.15) is 44.6 Å². The van der Waals surface area contributed by atoms with Gasteiger partial charge in [-0.2, -0.15) is 0 Å². The molecule has 0 unspecified atom stereocenters. The van der Waals surface area contributed by atoms with E-state index in [9.17, 15) is 5.11 Å². The molecule has 2 nitrogen and oxygen atoms in total. The first-order chi connectivity index (χ1) is 7.08. The molecule has 1 aliphatic heterocycles. The van der Waals surface area contributed by atoms with Gasteiger partial charge in [-0.3, -0.25) is 0 Å². The Bertz CT molecular complexity index is 297. The second kappa shape index (κ2) is 2.48. The fraction of sp³-hybridized carbons (Fsp3) is 1.00. The van der Waals surface area contributed by atoms with E-state index in [1.54, 1.807) is 0 Å². The molecule has 76 valence electrons. The van der Waals surface area contributed by atoms with Gasteiger partial charge in [0.2, 0.25) is 0 Å². The highest BCUT2D eigenvalue weighted by Crippen LogP contribution is 2.51. The lowest BCUT2D eigenvalue weighted by Gasteiger charge is -2.45. The molecule has 2 aliphatic rings. The predicted molar refractivity (Wildman–Crippen MR) is 53.5 cm³/mol. The van der Waals surface area contributed by atoms with E-state index in [0.717, 1.165) is 6.42 Å². The summed E-state index contributed by atoms with van der Waals surface area (Å²) in [6.45, 7) is 4.23. The van der Waals surface area contributed by atoms with Crippen molar-refractivity contribution >= 4 is 0 Å². The van der Waals surface area contributed by atoms with Crippen LogP contribution in [0.2, 0.25) is 0 Å². The first kappa shape index (κ1) is 6.41. The van der Waals surface area contributed by atoms with Gasteiger partial charge >= 0.3 is 0 Å². The van der Waals surface area contributed by atoms with Gasteiger partial charge in [0.05, 0.1) is 6.10 Å². The molecule has 0 spiro atoms. The van der Waals surface area contributed by atoms with E-state index in [2.05, 4.69) is 26.1 Å². The number of piperidine rings is 1. The molecule has 0 aromatic rings. The van der Waals surface area contributed by atoms with Crippen LogP contribution in [0, 0.1) is 11.3 Å². The Balaban J connectivity index is 2.30. The summed E-state index contributed by atoms with van der Waals surface area (Å²) < 4.78 is 22.6. The van der Waals surface area contributed by atoms with E-state index in [4.69, 9.17) is 4.11 Å². The second-order valence-electron chi connectivity index (χ2n) is 5.56. The Labute approximate surface area is 84.9 Å². The van der Waals surface area contributed by atoms with Crippen LogP contribution in [0.25, 0.3) is 0 Å². The summed E-state index contributed by atoms with van der Waals surface area (Å²) >= 11 is 0. The van der Waals surface area contributed by atoms with Crippen LogP contribution < -0.4 is 5.32 Å². The van der Waals surface area contributed by atoms with Crippen molar-refractivity contribution in [3.05, 3.63) is 0 Å². The number of nitrogens with one attached hydrogen (secondary N) is 1. The molecule has 0 aromatic heterocycles. The number of hydrogen-bond acceptors (Lipinski definition) is 2. The number of fused-ring (bicyclic) bond motifs is 2. The molecule has 1 saturated carbocycles. The standard InChI is InChI=1S/C11H21NO/c1-7-8-5-9(13)11(6-8,12-7)10(2,3)4/h7-9,12-13H,5-6H2,1-4H3/t7-,8+,9-,11-/m1/s1/i1D3. The predicted octanol–water partition coefficient (Wildman–Crippen LogP) is 1.53. The van der Waals surface area contributed by atoms with E-state index in [1.807, 2.05) is 0 Å². The quantitative estimate of drug-likeness (QED) is 0.601. The molecular weight excluding hydrogens is 162 g/mol. The fourth-order valence-corrected chi connectivity index (χ4v) is 2.95. The molecule has 0 radical (unpaired) electrons. The minimum absolute atomic E-state index is 0.0849. The largest absolute Gasteiger partial charge is 0.391 e. The van der Waals surface area contributed by atoms with Crippen molar-refractivity contribution in [2.75, 3.05) is 0 Å². The minimum atomic E-state index is -1.96. The zero-order valence-corrected chi connectivity index (χ0v) is 8.59. The Morgan fingerprint density at radius 1 is 1.54 bits per heavy atom. The van der Waals surface area contributed by atoms with E-state index in [0.29, 0.717) is 6.42 Å². The van der Waals surface area contributed by atoms with Crippen molar-refractivity contribution in [2.24, 2.45) is 11.3 Å². The third-order valence-corrected chi connectivity index (χ3v) is 3.90. The monoisotopic (exact) mass is 186 g/mol. The van der Waals surface area contributed by atoms with Gasteiger partial charge < -0.3 is 10.4 Å². The average molecular weight is 186 g/mol. The summed E-state index contributed by atoms with van der Waals surface area (Å²) in [7, 11) is 0. The lowest BCUT2D eigenvalue weighted by Crippen LogP contribution is -2.60. The highest BCUT2D eigenvalue weighted by molar-refractivity contribution is 5.16. The van der Waals surface area contributed by atoms with Gasteiger partial charge in [-0.15, -0.1) is 0 Å². The smallest absolute Gasteiger partial charge is 0.0730 e. The molecule has 13 heavy (non-hydrogen) atoms. The first-order valence-corrected chi connectivity index (χ1v) is 5.04. The maximum Gasteiger partial charge on any atom is 0.0730 e. The highest BCUT2D eigenvalue weighted by Gasteiger charge is 2.59. The zero-order valence-electron chi connectivity index (χ0n) is 11.6. The SMILES string of the molecule is [2H]C([2H])([2H])[C@H]1N[C@]2(C(C)(C)C)C[C@@H]1C[C@H]2O. The van der Waals surface area contributed by atoms with E-state index < -0.39 is 24.5 Å². The lowest BCUT2D eigenvalue weighted by atomic mass is 9.71. The third kappa shape index (κ3) is 1.08. The highest BCUT2D eigenvalue weighted by atomic mass is 16.3. The number of rotatable bonds is 0. The van der Waals surface area contributed by atoms with Crippen LogP contribution in [-0.4, -0.2) is 22.8 Å². The maximum atomic E-state index is 10.1. The Kier molecular flexibility index (Phi) is 1.23. The number of aliphatic hydroxyl groups is 1. The molecule has 0 aromatic carbocycles. The number of aliphatic hydroxyl groups excluding tert-OH is 1. The summed E-state index contributed by atoms with van der Waals surface area (Å²) in [5, 5.41) is 13.4. The molecule has 2 bridgehead atoms. The molecule has 2 N–H and O–H groups in total. The van der Waals surface area contributed by atoms with Crippen molar-refractivity contribution in [1.82, 2.24) is 5.32 Å². The van der Waals surface area contributed by atoms with Crippen LogP contribution in [0.4, 0.5) is 0 Å². The minimum Gasteiger partial charge on any atom is -0.391 e. The van der Waals surface area contributed by atoms with Crippen molar-refractivity contribution < 1.29 is 9.22 Å². The fourth-order valence-electron chi connectivity index (χ4n) is 2.95. The maximum absolute atomic E-state index is 10.1. The molecule has 2 fully saturated rings. The molecular formula is C11H21NO. The summed E-state index contributed by atoms with van der Waals surface area (Å²) in [6.07, 6.45) is 0.977. The Hall–Kier alpha value is -0.0800. The van der Waals surface area contributed by atoms with E-state index in [1.165, 1.54) is 0 Å². The van der Waals surface area contributed by atoms with Crippen molar-refractivity contribution in [2.45, 2.75) is 58.1 Å². The second-order valence-corrected chi connectivity index (χ2v) is 5.56. The van der Waals surface area contributed by atoms with E-state index >= 15 is 0 Å². The molecule has 1 saturated heterocycles. The summed E-state index contributed by atoms with van der Waals surface area (Å²) in [6, 6.07) is -0.449. The molecule has 4 atom stereocenters. The van der Waals surface area contributed by atoms with Gasteiger partial charge in [0.1, 0.15) is 0 Å². The molecule has 2 heteroatoms. The van der Waals surface area contributed by atoms with Gasteiger partial charge in [0.15, 0.2) is 0 Å². The van der Waals surface area contributed by atoms with Gasteiger partial charge in [-0.25, -0.2) is 0 Å². The average Bonchev–Trinajstić information content (AvgIpc) is 2.55. The van der Waals surface area contributed by atoms with Gasteiger partial charge in [0, 0.05) is 15.7 Å². The molecule has 1 aliphatic carbocycles. The van der Waals surface area contributed by atoms with Crippen LogP contribution >= 0.6 is 0 Å². The lowest BCUT2D eigenvalue weighted by molar-refractivity contribution is 0.00314. The van der Waals surface area contributed by atoms with Gasteiger partial charge in [0.25, 0.3) is 0 Å². The van der Waals surface area contributed by atoms with Crippen LogP contribution in [0.15, 0.2) is 0 Å².